The molecule has 0 fully saturated rings. The molecule has 4 nitrogen and oxygen atoms in total. The Bertz CT molecular complexity index is 1050. The molecule has 0 saturated heterocycles. The average Bonchev–Trinajstić information content (AvgIpc) is 3.30. The maximum Gasteiger partial charge on any atom is 0.226 e. The van der Waals surface area contributed by atoms with Gasteiger partial charge in [-0.25, -0.2) is 4.98 Å². The van der Waals surface area contributed by atoms with Gasteiger partial charge in [0.25, 0.3) is 0 Å². The zero-order valence-electron chi connectivity index (χ0n) is 15.8. The number of benzene rings is 2. The summed E-state index contributed by atoms with van der Waals surface area (Å²) in [6.07, 6.45) is 4.27. The van der Waals surface area contributed by atoms with Gasteiger partial charge in [-0.15, -0.1) is 11.3 Å². The molecule has 0 bridgehead atoms. The standard InChI is InChI=1S/C23H23N3OS/c1-17(12-13-18-8-4-2-5-9-18)24-22(27)14-20-16-28-23-25-21(15-26(20)23)19-10-6-3-7-11-19/h2-11,15-17H,12-14H2,1H3,(H,24,27). The molecule has 1 amide bonds. The van der Waals surface area contributed by atoms with Crippen LogP contribution in [-0.2, 0) is 17.6 Å². The third-order valence-electron chi connectivity index (χ3n) is 4.81. The van der Waals surface area contributed by atoms with E-state index in [-0.39, 0.29) is 11.9 Å². The Morgan fingerprint density at radius 1 is 1.11 bits per heavy atom. The fourth-order valence-corrected chi connectivity index (χ4v) is 4.17. The number of aromatic nitrogens is 2. The molecular formula is C23H23N3OS. The lowest BCUT2D eigenvalue weighted by Gasteiger charge is -2.13. The SMILES string of the molecule is CC(CCc1ccccc1)NC(=O)Cc1csc2nc(-c3ccccc3)cn12. The second-order valence-corrected chi connectivity index (χ2v) is 7.88. The number of thiazole rings is 1. The molecular weight excluding hydrogens is 366 g/mol. The predicted molar refractivity (Wildman–Crippen MR) is 115 cm³/mol. The normalized spacial score (nSPS) is 12.2. The Balaban J connectivity index is 1.37. The smallest absolute Gasteiger partial charge is 0.226 e. The van der Waals surface area contributed by atoms with E-state index in [0.29, 0.717) is 6.42 Å². The van der Waals surface area contributed by atoms with Crippen molar-refractivity contribution in [1.82, 2.24) is 14.7 Å². The summed E-state index contributed by atoms with van der Waals surface area (Å²) in [5.41, 5.74) is 4.30. The van der Waals surface area contributed by atoms with Gasteiger partial charge in [0.1, 0.15) is 0 Å². The number of hydrogen-bond acceptors (Lipinski definition) is 3. The highest BCUT2D eigenvalue weighted by molar-refractivity contribution is 7.15. The molecule has 1 unspecified atom stereocenters. The van der Waals surface area contributed by atoms with Crippen LogP contribution >= 0.6 is 11.3 Å². The van der Waals surface area contributed by atoms with E-state index in [1.54, 1.807) is 11.3 Å². The Kier molecular flexibility index (Phi) is 5.53. The van der Waals surface area contributed by atoms with Crippen LogP contribution in [0.3, 0.4) is 0 Å². The minimum atomic E-state index is 0.0511. The highest BCUT2D eigenvalue weighted by Crippen LogP contribution is 2.23. The molecule has 142 valence electrons. The summed E-state index contributed by atoms with van der Waals surface area (Å²) >= 11 is 1.57. The quantitative estimate of drug-likeness (QED) is 0.496. The van der Waals surface area contributed by atoms with Gasteiger partial charge in [-0.2, -0.15) is 0 Å². The third kappa shape index (κ3) is 4.31. The Morgan fingerprint density at radius 3 is 2.57 bits per heavy atom. The van der Waals surface area contributed by atoms with E-state index in [1.807, 2.05) is 52.4 Å². The first-order valence-corrected chi connectivity index (χ1v) is 10.4. The van der Waals surface area contributed by atoms with Gasteiger partial charge in [-0.3, -0.25) is 9.20 Å². The molecule has 0 saturated carbocycles. The lowest BCUT2D eigenvalue weighted by Crippen LogP contribution is -2.34. The van der Waals surface area contributed by atoms with Crippen molar-refractivity contribution in [2.24, 2.45) is 0 Å². The van der Waals surface area contributed by atoms with Gasteiger partial charge in [0, 0.05) is 28.9 Å². The van der Waals surface area contributed by atoms with Crippen molar-refractivity contribution in [2.45, 2.75) is 32.2 Å². The number of carbonyl (C=O) groups excluding carboxylic acids is 1. The highest BCUT2D eigenvalue weighted by atomic mass is 32.1. The van der Waals surface area contributed by atoms with Crippen molar-refractivity contribution < 1.29 is 4.79 Å². The van der Waals surface area contributed by atoms with Crippen molar-refractivity contribution in [3.63, 3.8) is 0 Å². The van der Waals surface area contributed by atoms with Crippen LogP contribution in [0, 0.1) is 0 Å². The van der Waals surface area contributed by atoms with Gasteiger partial charge < -0.3 is 5.32 Å². The molecule has 2 aromatic carbocycles. The molecule has 0 spiro atoms. The number of nitrogens with one attached hydrogen (secondary N) is 1. The minimum Gasteiger partial charge on any atom is -0.353 e. The zero-order valence-corrected chi connectivity index (χ0v) is 16.7. The monoisotopic (exact) mass is 389 g/mol. The lowest BCUT2D eigenvalue weighted by molar-refractivity contribution is -0.121. The summed E-state index contributed by atoms with van der Waals surface area (Å²) in [6.45, 7) is 2.06. The van der Waals surface area contributed by atoms with Gasteiger partial charge in [-0.05, 0) is 25.3 Å². The van der Waals surface area contributed by atoms with Gasteiger partial charge in [-0.1, -0.05) is 60.7 Å². The fraction of sp³-hybridized carbons (Fsp3) is 0.217. The van der Waals surface area contributed by atoms with Crippen molar-refractivity contribution in [3.05, 3.63) is 83.5 Å². The number of amides is 1. The molecule has 5 heteroatoms. The van der Waals surface area contributed by atoms with E-state index < -0.39 is 0 Å². The van der Waals surface area contributed by atoms with Gasteiger partial charge >= 0.3 is 0 Å². The van der Waals surface area contributed by atoms with Gasteiger partial charge in [0.15, 0.2) is 4.96 Å². The molecule has 4 rings (SSSR count). The molecule has 2 aromatic heterocycles. The summed E-state index contributed by atoms with van der Waals surface area (Å²) in [5.74, 6) is 0.0511. The van der Waals surface area contributed by atoms with E-state index in [4.69, 9.17) is 0 Å². The van der Waals surface area contributed by atoms with Crippen LogP contribution in [0.5, 0.6) is 0 Å². The first-order chi connectivity index (χ1) is 13.7. The fourth-order valence-electron chi connectivity index (χ4n) is 3.29. The van der Waals surface area contributed by atoms with Crippen molar-refractivity contribution in [3.8, 4) is 11.3 Å². The van der Waals surface area contributed by atoms with Crippen molar-refractivity contribution in [2.75, 3.05) is 0 Å². The third-order valence-corrected chi connectivity index (χ3v) is 5.70. The topological polar surface area (TPSA) is 46.4 Å². The molecule has 28 heavy (non-hydrogen) atoms. The molecule has 0 radical (unpaired) electrons. The van der Waals surface area contributed by atoms with E-state index in [0.717, 1.165) is 34.8 Å². The first-order valence-electron chi connectivity index (χ1n) is 9.53. The summed E-state index contributed by atoms with van der Waals surface area (Å²) in [6, 6.07) is 20.6. The van der Waals surface area contributed by atoms with E-state index >= 15 is 0 Å². The molecule has 0 aliphatic heterocycles. The number of aryl methyl sites for hydroxylation is 1. The zero-order chi connectivity index (χ0) is 19.3. The molecule has 0 aliphatic carbocycles. The summed E-state index contributed by atoms with van der Waals surface area (Å²) < 4.78 is 2.03. The van der Waals surface area contributed by atoms with Crippen LogP contribution in [0.1, 0.15) is 24.6 Å². The first kappa shape index (κ1) is 18.4. The summed E-state index contributed by atoms with van der Waals surface area (Å²) in [7, 11) is 0. The maximum absolute atomic E-state index is 12.5. The minimum absolute atomic E-state index is 0.0511. The summed E-state index contributed by atoms with van der Waals surface area (Å²) in [5, 5.41) is 5.14. The van der Waals surface area contributed by atoms with Crippen LogP contribution < -0.4 is 5.32 Å². The molecule has 1 atom stereocenters. The second-order valence-electron chi connectivity index (χ2n) is 7.04. The largest absolute Gasteiger partial charge is 0.353 e. The number of carbonyl (C=O) groups is 1. The number of imidazole rings is 1. The second kappa shape index (κ2) is 8.40. The Labute approximate surface area is 168 Å². The van der Waals surface area contributed by atoms with Crippen LogP contribution in [0.2, 0.25) is 0 Å². The van der Waals surface area contributed by atoms with Crippen LogP contribution in [-0.4, -0.2) is 21.3 Å². The average molecular weight is 390 g/mol. The van der Waals surface area contributed by atoms with Crippen LogP contribution in [0.25, 0.3) is 16.2 Å². The predicted octanol–water partition coefficient (Wildman–Crippen LogP) is 4.74. The maximum atomic E-state index is 12.5. The Morgan fingerprint density at radius 2 is 1.82 bits per heavy atom. The summed E-state index contributed by atoms with van der Waals surface area (Å²) in [4.78, 5) is 18.1. The lowest BCUT2D eigenvalue weighted by atomic mass is 10.1. The van der Waals surface area contributed by atoms with Crippen LogP contribution in [0.15, 0.2) is 72.2 Å². The number of hydrogen-bond donors (Lipinski definition) is 1. The number of rotatable bonds is 7. The van der Waals surface area contributed by atoms with Crippen molar-refractivity contribution in [1.29, 1.82) is 0 Å². The molecule has 0 aliphatic rings. The van der Waals surface area contributed by atoms with Crippen LogP contribution in [0.4, 0.5) is 0 Å². The van der Waals surface area contributed by atoms with E-state index in [9.17, 15) is 4.79 Å². The molecule has 2 heterocycles. The number of fused-ring (bicyclic) bond motifs is 1. The van der Waals surface area contributed by atoms with Crippen molar-refractivity contribution >= 4 is 22.2 Å². The van der Waals surface area contributed by atoms with E-state index in [2.05, 4.69) is 41.5 Å². The molecule has 1 N–H and O–H groups in total. The van der Waals surface area contributed by atoms with Gasteiger partial charge in [0.05, 0.1) is 12.1 Å². The van der Waals surface area contributed by atoms with Gasteiger partial charge in [0.2, 0.25) is 5.91 Å². The number of nitrogens with zero attached hydrogens (tertiary/aromatic N) is 2. The highest BCUT2D eigenvalue weighted by Gasteiger charge is 2.14. The molecule has 4 aromatic rings. The van der Waals surface area contributed by atoms with E-state index in [1.165, 1.54) is 5.56 Å². The Hall–Kier alpha value is -2.92.